The highest BCUT2D eigenvalue weighted by molar-refractivity contribution is 5.83. The molecule has 0 aliphatic carbocycles. The van der Waals surface area contributed by atoms with E-state index in [1.54, 1.807) is 4.90 Å². The van der Waals surface area contributed by atoms with Crippen molar-refractivity contribution in [1.82, 2.24) is 9.80 Å². The maximum atomic E-state index is 12.7. The Labute approximate surface area is 124 Å². The SMILES string of the molecule is O=C(O)CN1Cc2ccccc2C[C@@H]1C(=O)N1CCCC1. The molecular formula is C16H20N2O3. The number of carboxylic acids is 1. The normalized spacial score (nSPS) is 22.1. The van der Waals surface area contributed by atoms with Crippen LogP contribution in [0.15, 0.2) is 24.3 Å². The fraction of sp³-hybridized carbons (Fsp3) is 0.500. The monoisotopic (exact) mass is 288 g/mol. The number of aliphatic carboxylic acids is 1. The molecule has 2 heterocycles. The van der Waals surface area contributed by atoms with Gasteiger partial charge in [0.05, 0.1) is 12.6 Å². The number of fused-ring (bicyclic) bond motifs is 1. The van der Waals surface area contributed by atoms with Gasteiger partial charge in [-0.05, 0) is 30.4 Å². The molecule has 1 fully saturated rings. The molecule has 1 aromatic rings. The number of carbonyl (C=O) groups is 2. The lowest BCUT2D eigenvalue weighted by atomic mass is 9.93. The summed E-state index contributed by atoms with van der Waals surface area (Å²) in [4.78, 5) is 27.5. The van der Waals surface area contributed by atoms with Crippen molar-refractivity contribution in [3.05, 3.63) is 35.4 Å². The van der Waals surface area contributed by atoms with Gasteiger partial charge < -0.3 is 10.0 Å². The molecule has 2 aliphatic heterocycles. The van der Waals surface area contributed by atoms with Gasteiger partial charge in [0.2, 0.25) is 5.91 Å². The number of benzene rings is 1. The van der Waals surface area contributed by atoms with Gasteiger partial charge in [-0.15, -0.1) is 0 Å². The number of rotatable bonds is 3. The van der Waals surface area contributed by atoms with E-state index in [0.29, 0.717) is 13.0 Å². The molecule has 0 saturated carbocycles. The summed E-state index contributed by atoms with van der Waals surface area (Å²) < 4.78 is 0. The van der Waals surface area contributed by atoms with Crippen LogP contribution >= 0.6 is 0 Å². The van der Waals surface area contributed by atoms with Gasteiger partial charge in [0.15, 0.2) is 0 Å². The predicted octanol–water partition coefficient (Wildman–Crippen LogP) is 1.12. The third kappa shape index (κ3) is 2.93. The molecule has 2 aliphatic rings. The highest BCUT2D eigenvalue weighted by Crippen LogP contribution is 2.25. The van der Waals surface area contributed by atoms with Crippen LogP contribution in [0.5, 0.6) is 0 Å². The van der Waals surface area contributed by atoms with E-state index >= 15 is 0 Å². The maximum absolute atomic E-state index is 12.7. The first-order chi connectivity index (χ1) is 10.1. The van der Waals surface area contributed by atoms with Gasteiger partial charge in [-0.25, -0.2) is 0 Å². The molecule has 0 spiro atoms. The van der Waals surface area contributed by atoms with Crippen LogP contribution in [0, 0.1) is 0 Å². The minimum atomic E-state index is -0.881. The lowest BCUT2D eigenvalue weighted by Gasteiger charge is -2.36. The molecule has 1 aromatic carbocycles. The summed E-state index contributed by atoms with van der Waals surface area (Å²) in [5.74, 6) is -0.795. The molecule has 0 radical (unpaired) electrons. The van der Waals surface area contributed by atoms with Gasteiger partial charge in [0, 0.05) is 19.6 Å². The van der Waals surface area contributed by atoms with Crippen LogP contribution in [-0.4, -0.2) is 52.5 Å². The lowest BCUT2D eigenvalue weighted by Crippen LogP contribution is -2.52. The first-order valence-corrected chi connectivity index (χ1v) is 7.46. The average Bonchev–Trinajstić information content (AvgIpc) is 2.99. The van der Waals surface area contributed by atoms with Gasteiger partial charge in [0.25, 0.3) is 0 Å². The molecule has 3 rings (SSSR count). The van der Waals surface area contributed by atoms with Crippen LogP contribution in [0.2, 0.25) is 0 Å². The van der Waals surface area contributed by atoms with Gasteiger partial charge in [0.1, 0.15) is 0 Å². The van der Waals surface area contributed by atoms with E-state index in [9.17, 15) is 9.59 Å². The fourth-order valence-corrected chi connectivity index (χ4v) is 3.31. The molecule has 5 heteroatoms. The molecule has 0 unspecified atom stereocenters. The third-order valence-electron chi connectivity index (χ3n) is 4.39. The lowest BCUT2D eigenvalue weighted by molar-refractivity contribution is -0.143. The van der Waals surface area contributed by atoms with Crippen LogP contribution in [-0.2, 0) is 22.6 Å². The van der Waals surface area contributed by atoms with Crippen LogP contribution in [0.25, 0.3) is 0 Å². The Kier molecular flexibility index (Phi) is 3.92. The standard InChI is InChI=1S/C16H20N2O3/c19-15(20)11-18-10-13-6-2-1-5-12(13)9-14(18)16(21)17-7-3-4-8-17/h1-2,5-6,14H,3-4,7-11H2,(H,19,20)/t14-/m1/s1. The molecular weight excluding hydrogens is 268 g/mol. The number of carboxylic acid groups (broad SMARTS) is 1. The molecule has 21 heavy (non-hydrogen) atoms. The van der Waals surface area contributed by atoms with E-state index < -0.39 is 5.97 Å². The van der Waals surface area contributed by atoms with Gasteiger partial charge in [-0.1, -0.05) is 24.3 Å². The minimum absolute atomic E-state index is 0.0847. The average molecular weight is 288 g/mol. The zero-order valence-electron chi connectivity index (χ0n) is 12.0. The second-order valence-corrected chi connectivity index (χ2v) is 5.82. The zero-order valence-corrected chi connectivity index (χ0v) is 12.0. The van der Waals surface area contributed by atoms with Crippen LogP contribution in [0.1, 0.15) is 24.0 Å². The van der Waals surface area contributed by atoms with E-state index in [4.69, 9.17) is 5.11 Å². The smallest absolute Gasteiger partial charge is 0.317 e. The van der Waals surface area contributed by atoms with E-state index in [0.717, 1.165) is 37.1 Å². The summed E-state index contributed by atoms with van der Waals surface area (Å²) in [5.41, 5.74) is 2.29. The Morgan fingerprint density at radius 3 is 2.48 bits per heavy atom. The number of nitrogens with zero attached hydrogens (tertiary/aromatic N) is 2. The molecule has 1 atom stereocenters. The first-order valence-electron chi connectivity index (χ1n) is 7.46. The number of hydrogen-bond acceptors (Lipinski definition) is 3. The van der Waals surface area contributed by atoms with Crippen molar-refractivity contribution in [3.63, 3.8) is 0 Å². The molecule has 0 bridgehead atoms. The van der Waals surface area contributed by atoms with Crippen molar-refractivity contribution in [2.24, 2.45) is 0 Å². The van der Waals surface area contributed by atoms with E-state index in [1.807, 2.05) is 29.2 Å². The first kappa shape index (κ1) is 14.1. The van der Waals surface area contributed by atoms with Crippen molar-refractivity contribution < 1.29 is 14.7 Å². The van der Waals surface area contributed by atoms with Crippen LogP contribution in [0.4, 0.5) is 0 Å². The third-order valence-corrected chi connectivity index (χ3v) is 4.39. The van der Waals surface area contributed by atoms with Crippen molar-refractivity contribution in [3.8, 4) is 0 Å². The van der Waals surface area contributed by atoms with Crippen molar-refractivity contribution in [2.75, 3.05) is 19.6 Å². The molecule has 0 aromatic heterocycles. The summed E-state index contributed by atoms with van der Waals surface area (Å²) in [6.45, 7) is 2.06. The second kappa shape index (κ2) is 5.85. The van der Waals surface area contributed by atoms with Crippen molar-refractivity contribution >= 4 is 11.9 Å². The van der Waals surface area contributed by atoms with Crippen molar-refractivity contribution in [2.45, 2.75) is 31.8 Å². The van der Waals surface area contributed by atoms with E-state index in [2.05, 4.69) is 0 Å². The zero-order chi connectivity index (χ0) is 14.8. The Bertz CT molecular complexity index is 552. The Morgan fingerprint density at radius 2 is 1.81 bits per heavy atom. The van der Waals surface area contributed by atoms with Gasteiger partial charge in [-0.2, -0.15) is 0 Å². The Morgan fingerprint density at radius 1 is 1.14 bits per heavy atom. The number of amides is 1. The summed E-state index contributed by atoms with van der Waals surface area (Å²) in [6, 6.07) is 7.65. The molecule has 5 nitrogen and oxygen atoms in total. The predicted molar refractivity (Wildman–Crippen MR) is 77.8 cm³/mol. The number of hydrogen-bond donors (Lipinski definition) is 1. The van der Waals surface area contributed by atoms with E-state index in [-0.39, 0.29) is 18.5 Å². The van der Waals surface area contributed by atoms with Crippen LogP contribution in [0.3, 0.4) is 0 Å². The summed E-state index contributed by atoms with van der Waals surface area (Å²) in [7, 11) is 0. The molecule has 1 saturated heterocycles. The maximum Gasteiger partial charge on any atom is 0.317 e. The quantitative estimate of drug-likeness (QED) is 0.905. The van der Waals surface area contributed by atoms with Gasteiger partial charge >= 0.3 is 5.97 Å². The fourth-order valence-electron chi connectivity index (χ4n) is 3.31. The Balaban J connectivity index is 1.84. The second-order valence-electron chi connectivity index (χ2n) is 5.82. The number of carbonyl (C=O) groups excluding carboxylic acids is 1. The Hall–Kier alpha value is -1.88. The number of likely N-dealkylation sites (tertiary alicyclic amines) is 1. The topological polar surface area (TPSA) is 60.9 Å². The summed E-state index contributed by atoms with van der Waals surface area (Å²) >= 11 is 0. The minimum Gasteiger partial charge on any atom is -0.480 e. The molecule has 1 N–H and O–H groups in total. The van der Waals surface area contributed by atoms with E-state index in [1.165, 1.54) is 0 Å². The summed E-state index contributed by atoms with van der Waals surface area (Å²) in [5, 5.41) is 9.11. The largest absolute Gasteiger partial charge is 0.480 e. The van der Waals surface area contributed by atoms with Gasteiger partial charge in [-0.3, -0.25) is 14.5 Å². The molecule has 1 amide bonds. The van der Waals surface area contributed by atoms with Crippen LogP contribution < -0.4 is 0 Å². The highest BCUT2D eigenvalue weighted by Gasteiger charge is 2.35. The molecule has 112 valence electrons. The van der Waals surface area contributed by atoms with Crippen molar-refractivity contribution in [1.29, 1.82) is 0 Å². The highest BCUT2D eigenvalue weighted by atomic mass is 16.4. The summed E-state index contributed by atoms with van der Waals surface area (Å²) in [6.07, 6.45) is 2.71.